The first-order valence-electron chi connectivity index (χ1n) is 8.15. The van der Waals surface area contributed by atoms with Gasteiger partial charge in [0.15, 0.2) is 0 Å². The monoisotopic (exact) mass is 277 g/mol. The molecule has 3 atom stereocenters. The second-order valence-electron chi connectivity index (χ2n) is 6.24. The molecule has 1 saturated carbocycles. The van der Waals surface area contributed by atoms with Crippen molar-refractivity contribution in [1.82, 2.24) is 5.32 Å². The van der Waals surface area contributed by atoms with Gasteiger partial charge in [-0.15, -0.1) is 0 Å². The Balaban J connectivity index is 2.18. The van der Waals surface area contributed by atoms with E-state index in [4.69, 9.17) is 0 Å². The van der Waals surface area contributed by atoms with Gasteiger partial charge in [-0.2, -0.15) is 0 Å². The molecule has 0 aliphatic heterocycles. The molecule has 1 aromatic carbocycles. The van der Waals surface area contributed by atoms with Crippen molar-refractivity contribution in [2.24, 2.45) is 11.8 Å². The van der Waals surface area contributed by atoms with Gasteiger partial charge in [-0.25, -0.2) is 4.39 Å². The van der Waals surface area contributed by atoms with E-state index in [1.807, 2.05) is 13.0 Å². The normalized spacial score (nSPS) is 24.6. The van der Waals surface area contributed by atoms with Gasteiger partial charge in [0, 0.05) is 6.04 Å². The summed E-state index contributed by atoms with van der Waals surface area (Å²) in [6.07, 6.45) is 6.51. The summed E-state index contributed by atoms with van der Waals surface area (Å²) in [6.45, 7) is 7.20. The highest BCUT2D eigenvalue weighted by Gasteiger charge is 2.28. The van der Waals surface area contributed by atoms with Crippen LogP contribution in [0.1, 0.15) is 63.1 Å². The van der Waals surface area contributed by atoms with Crippen molar-refractivity contribution < 1.29 is 4.39 Å². The van der Waals surface area contributed by atoms with Crippen molar-refractivity contribution in [3.05, 3.63) is 35.1 Å². The largest absolute Gasteiger partial charge is 0.310 e. The molecule has 1 N–H and O–H groups in total. The van der Waals surface area contributed by atoms with E-state index < -0.39 is 0 Å². The van der Waals surface area contributed by atoms with Crippen LogP contribution in [0.4, 0.5) is 4.39 Å². The topological polar surface area (TPSA) is 12.0 Å². The summed E-state index contributed by atoms with van der Waals surface area (Å²) in [7, 11) is 0. The summed E-state index contributed by atoms with van der Waals surface area (Å²) in [5.74, 6) is 1.43. The van der Waals surface area contributed by atoms with E-state index in [1.165, 1.54) is 32.1 Å². The zero-order chi connectivity index (χ0) is 14.5. The zero-order valence-electron chi connectivity index (χ0n) is 13.1. The van der Waals surface area contributed by atoms with Crippen LogP contribution in [0.3, 0.4) is 0 Å². The number of hydrogen-bond acceptors (Lipinski definition) is 1. The molecular formula is C18H28FN. The first-order chi connectivity index (χ1) is 9.65. The predicted octanol–water partition coefficient (Wildman–Crippen LogP) is 5.00. The Hall–Kier alpha value is -0.890. The summed E-state index contributed by atoms with van der Waals surface area (Å²) in [6, 6.07) is 6.05. The Kier molecular flexibility index (Phi) is 5.59. The van der Waals surface area contributed by atoms with Gasteiger partial charge in [0.05, 0.1) is 0 Å². The van der Waals surface area contributed by atoms with Crippen LogP contribution >= 0.6 is 0 Å². The fourth-order valence-electron chi connectivity index (χ4n) is 3.59. The molecular weight excluding hydrogens is 249 g/mol. The summed E-state index contributed by atoms with van der Waals surface area (Å²) in [5.41, 5.74) is 1.86. The van der Waals surface area contributed by atoms with Crippen molar-refractivity contribution in [2.75, 3.05) is 6.54 Å². The standard InChI is InChI=1S/C18H28FN/c1-4-14-7-6-8-15(11-14)18(20-5-2)16-10-9-13(3)17(19)12-16/h9-10,12,14-15,18,20H,4-8,11H2,1-3H3. The summed E-state index contributed by atoms with van der Waals surface area (Å²) in [5, 5.41) is 3.59. The van der Waals surface area contributed by atoms with E-state index in [9.17, 15) is 4.39 Å². The molecule has 0 aromatic heterocycles. The maximum atomic E-state index is 13.9. The Bertz CT molecular complexity index is 429. The molecule has 0 spiro atoms. The Morgan fingerprint density at radius 1 is 1.30 bits per heavy atom. The lowest BCUT2D eigenvalue weighted by Gasteiger charge is -2.35. The molecule has 1 aromatic rings. The van der Waals surface area contributed by atoms with Crippen molar-refractivity contribution in [1.29, 1.82) is 0 Å². The van der Waals surface area contributed by atoms with Crippen LogP contribution in [0.5, 0.6) is 0 Å². The Labute approximate surface area is 123 Å². The van der Waals surface area contributed by atoms with Crippen LogP contribution in [0.2, 0.25) is 0 Å². The molecule has 112 valence electrons. The van der Waals surface area contributed by atoms with E-state index in [1.54, 1.807) is 6.07 Å². The van der Waals surface area contributed by atoms with Crippen LogP contribution in [0.25, 0.3) is 0 Å². The molecule has 1 aliphatic rings. The summed E-state index contributed by atoms with van der Waals surface area (Å²) >= 11 is 0. The molecule has 0 amide bonds. The average molecular weight is 277 g/mol. The SMILES string of the molecule is CCNC(c1ccc(C)c(F)c1)C1CCCC(CC)C1. The molecule has 3 unspecified atom stereocenters. The van der Waals surface area contributed by atoms with Gasteiger partial charge >= 0.3 is 0 Å². The molecule has 0 bridgehead atoms. The second kappa shape index (κ2) is 7.21. The van der Waals surface area contributed by atoms with Gasteiger partial charge in [-0.05, 0) is 55.3 Å². The fourth-order valence-corrected chi connectivity index (χ4v) is 3.59. The first-order valence-corrected chi connectivity index (χ1v) is 8.15. The van der Waals surface area contributed by atoms with Crippen LogP contribution in [-0.2, 0) is 0 Å². The summed E-state index contributed by atoms with van der Waals surface area (Å²) < 4.78 is 13.9. The van der Waals surface area contributed by atoms with Gasteiger partial charge in [0.25, 0.3) is 0 Å². The van der Waals surface area contributed by atoms with Crippen LogP contribution in [0, 0.1) is 24.6 Å². The predicted molar refractivity (Wildman–Crippen MR) is 83.3 cm³/mol. The quantitative estimate of drug-likeness (QED) is 0.798. The molecule has 20 heavy (non-hydrogen) atoms. The highest BCUT2D eigenvalue weighted by molar-refractivity contribution is 5.26. The third kappa shape index (κ3) is 3.60. The third-order valence-electron chi connectivity index (χ3n) is 4.85. The van der Waals surface area contributed by atoms with Gasteiger partial charge in [-0.3, -0.25) is 0 Å². The second-order valence-corrected chi connectivity index (χ2v) is 6.24. The van der Waals surface area contributed by atoms with Gasteiger partial charge in [0.2, 0.25) is 0 Å². The maximum Gasteiger partial charge on any atom is 0.126 e. The first kappa shape index (κ1) is 15.5. The van der Waals surface area contributed by atoms with Gasteiger partial charge < -0.3 is 5.32 Å². The lowest BCUT2D eigenvalue weighted by Crippen LogP contribution is -2.31. The fraction of sp³-hybridized carbons (Fsp3) is 0.667. The molecule has 0 radical (unpaired) electrons. The minimum atomic E-state index is -0.0757. The molecule has 1 fully saturated rings. The third-order valence-corrected chi connectivity index (χ3v) is 4.85. The minimum absolute atomic E-state index is 0.0757. The lowest BCUT2D eigenvalue weighted by atomic mass is 9.75. The van der Waals surface area contributed by atoms with Crippen molar-refractivity contribution >= 4 is 0 Å². The average Bonchev–Trinajstić information content (AvgIpc) is 2.48. The number of benzene rings is 1. The Morgan fingerprint density at radius 3 is 2.75 bits per heavy atom. The molecule has 1 aliphatic carbocycles. The highest BCUT2D eigenvalue weighted by Crippen LogP contribution is 2.38. The lowest BCUT2D eigenvalue weighted by molar-refractivity contribution is 0.210. The van der Waals surface area contributed by atoms with Gasteiger partial charge in [-0.1, -0.05) is 45.2 Å². The molecule has 0 heterocycles. The minimum Gasteiger partial charge on any atom is -0.310 e. The molecule has 1 nitrogen and oxygen atoms in total. The Morgan fingerprint density at radius 2 is 2.10 bits per heavy atom. The van der Waals surface area contributed by atoms with Gasteiger partial charge in [0.1, 0.15) is 5.82 Å². The van der Waals surface area contributed by atoms with E-state index >= 15 is 0 Å². The number of rotatable bonds is 5. The van der Waals surface area contributed by atoms with Crippen LogP contribution in [-0.4, -0.2) is 6.54 Å². The maximum absolute atomic E-state index is 13.9. The van der Waals surface area contributed by atoms with Crippen molar-refractivity contribution in [2.45, 2.75) is 58.9 Å². The van der Waals surface area contributed by atoms with Crippen molar-refractivity contribution in [3.8, 4) is 0 Å². The molecule has 0 saturated heterocycles. The molecule has 2 rings (SSSR count). The van der Waals surface area contributed by atoms with E-state index in [2.05, 4.69) is 25.2 Å². The molecule has 2 heteroatoms. The zero-order valence-corrected chi connectivity index (χ0v) is 13.1. The van der Waals surface area contributed by atoms with E-state index in [-0.39, 0.29) is 5.82 Å². The number of aryl methyl sites for hydroxylation is 1. The number of halogens is 1. The van der Waals surface area contributed by atoms with E-state index in [0.717, 1.165) is 23.6 Å². The number of hydrogen-bond donors (Lipinski definition) is 1. The summed E-state index contributed by atoms with van der Waals surface area (Å²) in [4.78, 5) is 0. The van der Waals surface area contributed by atoms with Crippen molar-refractivity contribution in [3.63, 3.8) is 0 Å². The van der Waals surface area contributed by atoms with Crippen LogP contribution in [0.15, 0.2) is 18.2 Å². The van der Waals surface area contributed by atoms with E-state index in [0.29, 0.717) is 12.0 Å². The number of nitrogens with one attached hydrogen (secondary N) is 1. The van der Waals surface area contributed by atoms with Crippen LogP contribution < -0.4 is 5.32 Å². The smallest absolute Gasteiger partial charge is 0.126 e. The highest BCUT2D eigenvalue weighted by atomic mass is 19.1.